The lowest BCUT2D eigenvalue weighted by Gasteiger charge is -2.55. The molecular weight excluding hydrogens is 589 g/mol. The van der Waals surface area contributed by atoms with Crippen LogP contribution in [0.25, 0.3) is 5.76 Å². The predicted octanol–water partition coefficient (Wildman–Crippen LogP) is 7.60. The normalized spacial score (nSPS) is 24.7. The minimum atomic E-state index is -2.81. The highest BCUT2D eigenvalue weighted by Gasteiger charge is 2.68. The fourth-order valence-corrected chi connectivity index (χ4v) is 8.68. The van der Waals surface area contributed by atoms with Gasteiger partial charge in [-0.25, -0.2) is 4.39 Å². The summed E-state index contributed by atoms with van der Waals surface area (Å²) in [4.78, 5) is 32.3. The Kier molecular flexibility index (Phi) is 7.53. The molecule has 1 aromatic heterocycles. The zero-order valence-electron chi connectivity index (χ0n) is 27.3. The number of carbonyl (C=O) groups excluding carboxylic acids is 2. The van der Waals surface area contributed by atoms with Crippen molar-refractivity contribution in [3.8, 4) is 5.75 Å². The molecule has 7 nitrogen and oxygen atoms in total. The van der Waals surface area contributed by atoms with Crippen LogP contribution in [0.15, 0.2) is 58.7 Å². The SMILES string of the molecule is Cc1ccc(F)c2c1C(O)=C1C(=O)[C@]3(O[Si](C)(C)C(C)(C)C)C(=O)c4c(OCc5ccccc5)coc4[C@@H](N(C)C)[C@@H]3C[C@@H]1C2. The topological polar surface area (TPSA) is 89.2 Å². The van der Waals surface area contributed by atoms with Gasteiger partial charge in [0.25, 0.3) is 0 Å². The van der Waals surface area contributed by atoms with Gasteiger partial charge in [0.1, 0.15) is 35.8 Å². The van der Waals surface area contributed by atoms with Crippen LogP contribution in [0.1, 0.15) is 71.6 Å². The lowest BCUT2D eigenvalue weighted by molar-refractivity contribution is -0.140. The molecule has 0 saturated heterocycles. The summed E-state index contributed by atoms with van der Waals surface area (Å²) in [5.41, 5.74) is 0.724. The fourth-order valence-electron chi connectivity index (χ4n) is 7.23. The summed E-state index contributed by atoms with van der Waals surface area (Å²) in [6, 6.07) is 12.1. The predicted molar refractivity (Wildman–Crippen MR) is 172 cm³/mol. The molecule has 1 N–H and O–H groups in total. The maximum Gasteiger partial charge on any atom is 0.209 e. The molecule has 1 heterocycles. The van der Waals surface area contributed by atoms with Crippen LogP contribution in [-0.4, -0.2) is 49.6 Å². The Hall–Kier alpha value is -3.53. The van der Waals surface area contributed by atoms with E-state index >= 15 is 14.0 Å². The fraction of sp³-hybridized carbons (Fsp3) is 0.444. The first-order valence-corrected chi connectivity index (χ1v) is 18.5. The van der Waals surface area contributed by atoms with Crippen molar-refractivity contribution >= 4 is 25.6 Å². The van der Waals surface area contributed by atoms with Crippen molar-refractivity contribution < 1.29 is 32.7 Å². The molecule has 1 fully saturated rings. The highest BCUT2D eigenvalue weighted by Crippen LogP contribution is 2.59. The van der Waals surface area contributed by atoms with Crippen LogP contribution in [0.2, 0.25) is 18.1 Å². The van der Waals surface area contributed by atoms with E-state index in [9.17, 15) is 5.11 Å². The number of ether oxygens (including phenoxy) is 1. The first kappa shape index (κ1) is 31.4. The van der Waals surface area contributed by atoms with Gasteiger partial charge in [0.05, 0.1) is 6.04 Å². The molecule has 0 bridgehead atoms. The van der Waals surface area contributed by atoms with Gasteiger partial charge in [-0.15, -0.1) is 0 Å². The Bertz CT molecular complexity index is 1720. The van der Waals surface area contributed by atoms with Gasteiger partial charge in [-0.2, -0.15) is 0 Å². The van der Waals surface area contributed by atoms with E-state index in [0.717, 1.165) is 5.56 Å². The Labute approximate surface area is 265 Å². The summed E-state index contributed by atoms with van der Waals surface area (Å²) < 4.78 is 34.6. The second-order valence-electron chi connectivity index (χ2n) is 14.5. The molecule has 0 aliphatic heterocycles. The van der Waals surface area contributed by atoms with Crippen LogP contribution in [0.3, 0.4) is 0 Å². The van der Waals surface area contributed by atoms with Gasteiger partial charge in [0, 0.05) is 17.1 Å². The van der Waals surface area contributed by atoms with Crippen molar-refractivity contribution in [3.63, 3.8) is 0 Å². The molecule has 9 heteroatoms. The van der Waals surface area contributed by atoms with Crippen LogP contribution in [0.5, 0.6) is 5.75 Å². The zero-order valence-corrected chi connectivity index (χ0v) is 28.3. The average molecular weight is 632 g/mol. The molecule has 0 amide bonds. The molecule has 0 spiro atoms. The molecule has 2 aromatic carbocycles. The molecule has 3 aliphatic carbocycles. The summed E-state index contributed by atoms with van der Waals surface area (Å²) >= 11 is 0. The van der Waals surface area contributed by atoms with Crippen molar-refractivity contribution in [1.29, 1.82) is 0 Å². The van der Waals surface area contributed by atoms with E-state index in [4.69, 9.17) is 13.6 Å². The quantitative estimate of drug-likeness (QED) is 0.221. The number of benzene rings is 2. The number of aryl methyl sites for hydroxylation is 1. The van der Waals surface area contributed by atoms with Gasteiger partial charge >= 0.3 is 0 Å². The largest absolute Gasteiger partial charge is 0.507 e. The smallest absolute Gasteiger partial charge is 0.209 e. The maximum absolute atomic E-state index is 15.2. The van der Waals surface area contributed by atoms with Crippen molar-refractivity contribution in [1.82, 2.24) is 4.90 Å². The van der Waals surface area contributed by atoms with E-state index in [1.54, 1.807) is 13.0 Å². The average Bonchev–Trinajstić information content (AvgIpc) is 3.38. The number of fused-ring (bicyclic) bond motifs is 4. The highest BCUT2D eigenvalue weighted by atomic mass is 28.4. The van der Waals surface area contributed by atoms with Crippen LogP contribution in [0.4, 0.5) is 4.39 Å². The number of carbonyl (C=O) groups is 2. The zero-order chi connectivity index (χ0) is 32.6. The van der Waals surface area contributed by atoms with Crippen LogP contribution in [0, 0.1) is 24.6 Å². The van der Waals surface area contributed by atoms with Crippen molar-refractivity contribution in [3.05, 3.63) is 93.7 Å². The number of Topliss-reactive ketones (excluding diaryl/α,β-unsaturated/α-hetero) is 2. The third-order valence-electron chi connectivity index (χ3n) is 10.5. The number of rotatable bonds is 6. The first-order valence-electron chi connectivity index (χ1n) is 15.6. The van der Waals surface area contributed by atoms with E-state index < -0.39 is 49.2 Å². The number of hydrogen-bond acceptors (Lipinski definition) is 7. The van der Waals surface area contributed by atoms with Gasteiger partial charge in [-0.1, -0.05) is 57.2 Å². The second-order valence-corrected chi connectivity index (χ2v) is 19.2. The summed E-state index contributed by atoms with van der Waals surface area (Å²) in [7, 11) is 0.966. The van der Waals surface area contributed by atoms with Gasteiger partial charge in [0.15, 0.2) is 19.7 Å². The minimum Gasteiger partial charge on any atom is -0.507 e. The Morgan fingerprint density at radius 2 is 1.76 bits per heavy atom. The van der Waals surface area contributed by atoms with Gasteiger partial charge in [0.2, 0.25) is 11.6 Å². The molecule has 3 aromatic rings. The molecule has 0 unspecified atom stereocenters. The van der Waals surface area contributed by atoms with Crippen molar-refractivity contribution in [2.24, 2.45) is 11.8 Å². The Morgan fingerprint density at radius 3 is 2.40 bits per heavy atom. The Balaban J connectivity index is 1.58. The number of ketones is 2. The standard InChI is InChI=1S/C36H42FNO6Si/c1-20-14-15-25(37)23-16-22-17-24-30(38(5)6)32-29(26(19-43-32)42-18-21-12-10-9-11-13-21)34(41)36(24,44-45(7,8)35(2,3)4)33(40)28(22)31(39)27(20)23/h9-15,19,22,24,30,39H,16-18H2,1-8H3/t22-,24-,30-,36-/m0/s1. The van der Waals surface area contributed by atoms with Gasteiger partial charge in [-0.3, -0.25) is 14.5 Å². The number of furan rings is 1. The van der Waals surface area contributed by atoms with Crippen LogP contribution >= 0.6 is 0 Å². The van der Waals surface area contributed by atoms with Crippen LogP contribution < -0.4 is 4.74 Å². The molecule has 6 rings (SSSR count). The van der Waals surface area contributed by atoms with Gasteiger partial charge in [-0.05, 0) is 80.7 Å². The number of aliphatic hydroxyl groups excluding tert-OH is 1. The molecule has 238 valence electrons. The number of nitrogens with zero attached hydrogens (tertiary/aromatic N) is 1. The van der Waals surface area contributed by atoms with E-state index in [2.05, 4.69) is 20.8 Å². The lowest BCUT2D eigenvalue weighted by atomic mass is 9.57. The van der Waals surface area contributed by atoms with E-state index in [1.165, 1.54) is 12.3 Å². The third kappa shape index (κ3) is 4.73. The van der Waals surface area contributed by atoms with Crippen molar-refractivity contribution in [2.45, 2.75) is 76.9 Å². The summed E-state index contributed by atoms with van der Waals surface area (Å²) in [6.45, 7) is 12.2. The van der Waals surface area contributed by atoms with E-state index in [1.807, 2.05) is 62.4 Å². The number of aliphatic hydroxyl groups is 1. The number of halogens is 1. The maximum atomic E-state index is 15.2. The molecular formula is C36H42FNO6Si. The first-order chi connectivity index (χ1) is 21.1. The third-order valence-corrected chi connectivity index (χ3v) is 14.9. The molecule has 0 radical (unpaired) electrons. The second kappa shape index (κ2) is 10.8. The van der Waals surface area contributed by atoms with Gasteiger partial charge < -0.3 is 18.7 Å². The molecule has 45 heavy (non-hydrogen) atoms. The summed E-state index contributed by atoms with van der Waals surface area (Å²) in [5.74, 6) is -2.20. The van der Waals surface area contributed by atoms with Crippen molar-refractivity contribution in [2.75, 3.05) is 14.1 Å². The lowest BCUT2D eigenvalue weighted by Crippen LogP contribution is -2.68. The molecule has 4 atom stereocenters. The minimum absolute atomic E-state index is 0.149. The Morgan fingerprint density at radius 1 is 1.07 bits per heavy atom. The summed E-state index contributed by atoms with van der Waals surface area (Å²) in [5, 5.41) is 11.4. The highest BCUT2D eigenvalue weighted by molar-refractivity contribution is 6.74. The number of hydrogen-bond donors (Lipinski definition) is 1. The van der Waals surface area contributed by atoms with Crippen LogP contribution in [-0.2, 0) is 22.2 Å². The molecule has 1 saturated carbocycles. The summed E-state index contributed by atoms with van der Waals surface area (Å²) in [6.07, 6.45) is 2.01. The molecule has 3 aliphatic rings. The monoisotopic (exact) mass is 631 g/mol. The van der Waals surface area contributed by atoms with E-state index in [0.29, 0.717) is 28.9 Å². The van der Waals surface area contributed by atoms with E-state index in [-0.39, 0.29) is 40.7 Å².